The molecule has 0 amide bonds. The van der Waals surface area contributed by atoms with Crippen LogP contribution in [0.1, 0.15) is 29.2 Å². The van der Waals surface area contributed by atoms with E-state index in [1.807, 2.05) is 0 Å². The number of nitro groups is 1. The fraction of sp³-hybridized carbons (Fsp3) is 0.357. The molecule has 1 aromatic heterocycles. The smallest absolute Gasteiger partial charge is 0.269 e. The zero-order valence-corrected chi connectivity index (χ0v) is 13.1. The first-order valence-electron chi connectivity index (χ1n) is 6.79. The standard InChI is InChI=1S/C14H16N4O3S/c1-9(2)7-13-16-17-14(22-13)15-8-12(19)10-3-5-11(6-4-10)18(20)21/h3-6,9H,7-8H2,1-2H3,(H,15,17). The van der Waals surface area contributed by atoms with Gasteiger partial charge in [0, 0.05) is 24.1 Å². The topological polar surface area (TPSA) is 98.0 Å². The van der Waals surface area contributed by atoms with Crippen molar-refractivity contribution in [2.45, 2.75) is 20.3 Å². The number of rotatable bonds is 7. The third-order valence-electron chi connectivity index (χ3n) is 2.85. The number of nitrogens with zero attached hydrogens (tertiary/aromatic N) is 3. The van der Waals surface area contributed by atoms with Crippen LogP contribution in [0, 0.1) is 16.0 Å². The number of aromatic nitrogens is 2. The van der Waals surface area contributed by atoms with E-state index in [2.05, 4.69) is 29.4 Å². The van der Waals surface area contributed by atoms with E-state index in [0.29, 0.717) is 16.6 Å². The monoisotopic (exact) mass is 320 g/mol. The zero-order chi connectivity index (χ0) is 16.1. The summed E-state index contributed by atoms with van der Waals surface area (Å²) in [4.78, 5) is 22.1. The van der Waals surface area contributed by atoms with Crippen molar-refractivity contribution < 1.29 is 9.72 Å². The number of carbonyl (C=O) groups excluding carboxylic acids is 1. The normalized spacial score (nSPS) is 10.7. The summed E-state index contributed by atoms with van der Waals surface area (Å²) in [6, 6.07) is 5.54. The van der Waals surface area contributed by atoms with E-state index in [-0.39, 0.29) is 18.0 Å². The first kappa shape index (κ1) is 16.0. The second kappa shape index (κ2) is 7.08. The maximum atomic E-state index is 12.0. The van der Waals surface area contributed by atoms with Gasteiger partial charge in [0.25, 0.3) is 5.69 Å². The van der Waals surface area contributed by atoms with Crippen LogP contribution in [-0.4, -0.2) is 27.4 Å². The molecule has 0 unspecified atom stereocenters. The molecule has 1 heterocycles. The van der Waals surface area contributed by atoms with E-state index in [1.165, 1.54) is 35.6 Å². The van der Waals surface area contributed by atoms with Crippen LogP contribution >= 0.6 is 11.3 Å². The molecule has 0 fully saturated rings. The molecule has 0 radical (unpaired) electrons. The predicted molar refractivity (Wildman–Crippen MR) is 84.4 cm³/mol. The first-order chi connectivity index (χ1) is 10.5. The number of hydrogen-bond acceptors (Lipinski definition) is 7. The average molecular weight is 320 g/mol. The van der Waals surface area contributed by atoms with Gasteiger partial charge < -0.3 is 5.32 Å². The average Bonchev–Trinajstić information content (AvgIpc) is 2.91. The van der Waals surface area contributed by atoms with Crippen LogP contribution in [0.3, 0.4) is 0 Å². The first-order valence-corrected chi connectivity index (χ1v) is 7.61. The van der Waals surface area contributed by atoms with Gasteiger partial charge in [-0.05, 0) is 18.1 Å². The van der Waals surface area contributed by atoms with E-state index in [0.717, 1.165) is 11.4 Å². The highest BCUT2D eigenvalue weighted by atomic mass is 32.1. The van der Waals surface area contributed by atoms with E-state index >= 15 is 0 Å². The number of Topliss-reactive ketones (excluding diaryl/α,β-unsaturated/α-hetero) is 1. The maximum absolute atomic E-state index is 12.0. The Morgan fingerprint density at radius 2 is 2.00 bits per heavy atom. The lowest BCUT2D eigenvalue weighted by molar-refractivity contribution is -0.384. The third kappa shape index (κ3) is 4.32. The van der Waals surface area contributed by atoms with Gasteiger partial charge >= 0.3 is 0 Å². The van der Waals surface area contributed by atoms with Crippen molar-refractivity contribution in [3.05, 3.63) is 45.0 Å². The summed E-state index contributed by atoms with van der Waals surface area (Å²) < 4.78 is 0. The molecule has 0 aliphatic rings. The van der Waals surface area contributed by atoms with Crippen molar-refractivity contribution in [2.24, 2.45) is 5.92 Å². The Labute approximate surface area is 131 Å². The fourth-order valence-electron chi connectivity index (χ4n) is 1.78. The van der Waals surface area contributed by atoms with Crippen molar-refractivity contribution >= 4 is 27.9 Å². The number of ketones is 1. The van der Waals surface area contributed by atoms with Crippen LogP contribution in [0.15, 0.2) is 24.3 Å². The summed E-state index contributed by atoms with van der Waals surface area (Å²) in [7, 11) is 0. The minimum atomic E-state index is -0.496. The zero-order valence-electron chi connectivity index (χ0n) is 12.3. The summed E-state index contributed by atoms with van der Waals surface area (Å²) in [5.74, 6) is 0.345. The van der Waals surface area contributed by atoms with Crippen molar-refractivity contribution in [3.8, 4) is 0 Å². The van der Waals surface area contributed by atoms with Crippen LogP contribution in [0.2, 0.25) is 0 Å². The number of carbonyl (C=O) groups is 1. The highest BCUT2D eigenvalue weighted by Gasteiger charge is 2.11. The molecular formula is C14H16N4O3S. The lowest BCUT2D eigenvalue weighted by atomic mass is 10.1. The van der Waals surface area contributed by atoms with Crippen LogP contribution < -0.4 is 5.32 Å². The van der Waals surface area contributed by atoms with E-state index in [1.54, 1.807) is 0 Å². The molecular weight excluding hydrogens is 304 g/mol. The van der Waals surface area contributed by atoms with Crippen molar-refractivity contribution in [1.29, 1.82) is 0 Å². The summed E-state index contributed by atoms with van der Waals surface area (Å²) >= 11 is 1.43. The molecule has 1 N–H and O–H groups in total. The number of benzene rings is 1. The minimum Gasteiger partial charge on any atom is -0.353 e. The molecule has 22 heavy (non-hydrogen) atoms. The van der Waals surface area contributed by atoms with Crippen molar-refractivity contribution in [2.75, 3.05) is 11.9 Å². The highest BCUT2D eigenvalue weighted by molar-refractivity contribution is 7.15. The Morgan fingerprint density at radius 1 is 1.32 bits per heavy atom. The third-order valence-corrected chi connectivity index (χ3v) is 3.75. The number of nitrogens with one attached hydrogen (secondary N) is 1. The van der Waals surface area contributed by atoms with Gasteiger partial charge in [-0.25, -0.2) is 0 Å². The Morgan fingerprint density at radius 3 is 2.59 bits per heavy atom. The van der Waals surface area contributed by atoms with E-state index < -0.39 is 4.92 Å². The van der Waals surface area contributed by atoms with Gasteiger partial charge in [-0.1, -0.05) is 25.2 Å². The lowest BCUT2D eigenvalue weighted by Crippen LogP contribution is -2.13. The van der Waals surface area contributed by atoms with Gasteiger partial charge in [0.2, 0.25) is 5.13 Å². The van der Waals surface area contributed by atoms with Gasteiger partial charge in [0.1, 0.15) is 5.01 Å². The molecule has 116 valence electrons. The highest BCUT2D eigenvalue weighted by Crippen LogP contribution is 2.18. The Kier molecular flexibility index (Phi) is 5.16. The number of non-ortho nitro benzene ring substituents is 1. The second-order valence-corrected chi connectivity index (χ2v) is 6.24. The van der Waals surface area contributed by atoms with Crippen molar-refractivity contribution in [1.82, 2.24) is 10.2 Å². The quantitative estimate of drug-likeness (QED) is 0.478. The molecule has 8 heteroatoms. The van der Waals surface area contributed by atoms with Crippen LogP contribution in [-0.2, 0) is 6.42 Å². The van der Waals surface area contributed by atoms with E-state index in [4.69, 9.17) is 0 Å². The fourth-order valence-corrected chi connectivity index (χ4v) is 2.73. The lowest BCUT2D eigenvalue weighted by Gasteiger charge is -2.02. The molecule has 0 saturated carbocycles. The van der Waals surface area contributed by atoms with Gasteiger partial charge in [-0.3, -0.25) is 14.9 Å². The Hall–Kier alpha value is -2.35. The molecule has 0 aliphatic carbocycles. The molecule has 0 saturated heterocycles. The predicted octanol–water partition coefficient (Wildman–Crippen LogP) is 2.94. The van der Waals surface area contributed by atoms with Gasteiger partial charge in [0.05, 0.1) is 11.5 Å². The number of hydrogen-bond donors (Lipinski definition) is 1. The molecule has 0 bridgehead atoms. The summed E-state index contributed by atoms with van der Waals surface area (Å²) in [6.07, 6.45) is 0.857. The van der Waals surface area contributed by atoms with Crippen molar-refractivity contribution in [3.63, 3.8) is 0 Å². The molecule has 0 spiro atoms. The molecule has 0 aliphatic heterocycles. The molecule has 2 aromatic rings. The molecule has 0 atom stereocenters. The van der Waals surface area contributed by atoms with Gasteiger partial charge in [-0.15, -0.1) is 10.2 Å². The summed E-state index contributed by atoms with van der Waals surface area (Å²) in [5, 5.41) is 23.1. The Balaban J connectivity index is 1.92. The van der Waals surface area contributed by atoms with Crippen LogP contribution in [0.25, 0.3) is 0 Å². The molecule has 2 rings (SSSR count). The Bertz CT molecular complexity index is 667. The minimum absolute atomic E-state index is 0.0352. The largest absolute Gasteiger partial charge is 0.353 e. The SMILES string of the molecule is CC(C)Cc1nnc(NCC(=O)c2ccc([N+](=O)[O-])cc2)s1. The van der Waals surface area contributed by atoms with Gasteiger partial charge in [-0.2, -0.15) is 0 Å². The van der Waals surface area contributed by atoms with E-state index in [9.17, 15) is 14.9 Å². The number of nitro benzene ring substituents is 1. The summed E-state index contributed by atoms with van der Waals surface area (Å²) in [6.45, 7) is 4.29. The van der Waals surface area contributed by atoms with Crippen LogP contribution in [0.5, 0.6) is 0 Å². The number of anilines is 1. The summed E-state index contributed by atoms with van der Waals surface area (Å²) in [5.41, 5.74) is 0.386. The second-order valence-electron chi connectivity index (χ2n) is 5.18. The van der Waals surface area contributed by atoms with Gasteiger partial charge in [0.15, 0.2) is 5.78 Å². The molecule has 1 aromatic carbocycles. The molecule has 7 nitrogen and oxygen atoms in total. The van der Waals surface area contributed by atoms with Crippen LogP contribution in [0.4, 0.5) is 10.8 Å². The maximum Gasteiger partial charge on any atom is 0.269 e.